The van der Waals surface area contributed by atoms with Crippen molar-refractivity contribution >= 4 is 17.0 Å². The number of ether oxygens (including phenoxy) is 2. The lowest BCUT2D eigenvalue weighted by Crippen LogP contribution is -2.08. The van der Waals surface area contributed by atoms with Gasteiger partial charge in [0.15, 0.2) is 11.5 Å². The predicted molar refractivity (Wildman–Crippen MR) is 79.1 cm³/mol. The number of carbonyl (C=O) groups is 1. The first-order valence-corrected chi connectivity index (χ1v) is 6.93. The highest BCUT2D eigenvalue weighted by Crippen LogP contribution is 2.32. The molecule has 0 saturated heterocycles. The van der Waals surface area contributed by atoms with Crippen LogP contribution in [0.5, 0.6) is 11.5 Å². The minimum atomic E-state index is -0.820. The van der Waals surface area contributed by atoms with E-state index in [1.807, 2.05) is 16.7 Å². The Kier molecular flexibility index (Phi) is 4.67. The standard InChI is InChI=1S/C15H20N2O4/c1-4-5-14-16-10-8-12(20-2)13(21-3)9-11(10)17(14)7-6-15(18)19/h8-9H,4-7H2,1-3H3,(H,18,19). The lowest BCUT2D eigenvalue weighted by Gasteiger charge is -2.10. The van der Waals surface area contributed by atoms with E-state index in [1.165, 1.54) is 0 Å². The average Bonchev–Trinajstić information content (AvgIpc) is 2.80. The van der Waals surface area contributed by atoms with Crippen LogP contribution >= 0.6 is 0 Å². The van der Waals surface area contributed by atoms with E-state index in [1.54, 1.807) is 14.2 Å². The molecule has 1 N–H and O–H groups in total. The second-order valence-electron chi connectivity index (χ2n) is 4.77. The van der Waals surface area contributed by atoms with Crippen LogP contribution < -0.4 is 9.47 Å². The summed E-state index contributed by atoms with van der Waals surface area (Å²) in [6.45, 7) is 2.47. The van der Waals surface area contributed by atoms with Gasteiger partial charge in [-0.15, -0.1) is 0 Å². The van der Waals surface area contributed by atoms with Gasteiger partial charge in [-0.05, 0) is 6.42 Å². The number of carboxylic acid groups (broad SMARTS) is 1. The molecule has 2 aromatic rings. The Bertz CT molecular complexity index is 649. The van der Waals surface area contributed by atoms with Crippen LogP contribution in [0.4, 0.5) is 0 Å². The van der Waals surface area contributed by atoms with Crippen molar-refractivity contribution in [3.8, 4) is 11.5 Å². The van der Waals surface area contributed by atoms with E-state index >= 15 is 0 Å². The first kappa shape index (κ1) is 15.2. The van der Waals surface area contributed by atoms with Crippen molar-refractivity contribution in [3.05, 3.63) is 18.0 Å². The number of hydrogen-bond acceptors (Lipinski definition) is 4. The Morgan fingerprint density at radius 3 is 2.52 bits per heavy atom. The van der Waals surface area contributed by atoms with Crippen LogP contribution in [0.25, 0.3) is 11.0 Å². The van der Waals surface area contributed by atoms with Crippen LogP contribution in [-0.4, -0.2) is 34.8 Å². The molecule has 21 heavy (non-hydrogen) atoms. The van der Waals surface area contributed by atoms with Crippen LogP contribution in [0.1, 0.15) is 25.6 Å². The summed E-state index contributed by atoms with van der Waals surface area (Å²) in [5.74, 6) is 1.31. The molecule has 6 nitrogen and oxygen atoms in total. The van der Waals surface area contributed by atoms with Gasteiger partial charge in [-0.1, -0.05) is 6.92 Å². The molecule has 1 heterocycles. The van der Waals surface area contributed by atoms with E-state index in [0.717, 1.165) is 29.7 Å². The molecule has 0 unspecified atom stereocenters. The Balaban J connectivity index is 2.55. The number of aliphatic carboxylic acids is 1. The molecular formula is C15H20N2O4. The minimum absolute atomic E-state index is 0.0660. The second kappa shape index (κ2) is 6.47. The molecule has 2 rings (SSSR count). The molecule has 0 atom stereocenters. The lowest BCUT2D eigenvalue weighted by atomic mass is 10.2. The first-order chi connectivity index (χ1) is 10.1. The van der Waals surface area contributed by atoms with Gasteiger partial charge in [0.25, 0.3) is 0 Å². The van der Waals surface area contributed by atoms with Gasteiger partial charge in [0.05, 0.1) is 31.7 Å². The molecule has 0 bridgehead atoms. The van der Waals surface area contributed by atoms with Crippen LogP contribution in [-0.2, 0) is 17.8 Å². The van der Waals surface area contributed by atoms with E-state index in [0.29, 0.717) is 18.0 Å². The van der Waals surface area contributed by atoms with Gasteiger partial charge in [-0.3, -0.25) is 4.79 Å². The number of benzene rings is 1. The summed E-state index contributed by atoms with van der Waals surface area (Å²) >= 11 is 0. The minimum Gasteiger partial charge on any atom is -0.493 e. The number of hydrogen-bond donors (Lipinski definition) is 1. The number of imidazole rings is 1. The number of rotatable bonds is 7. The number of nitrogens with zero attached hydrogens (tertiary/aromatic N) is 2. The summed E-state index contributed by atoms with van der Waals surface area (Å²) < 4.78 is 12.5. The van der Waals surface area contributed by atoms with Crippen LogP contribution in [0.3, 0.4) is 0 Å². The first-order valence-electron chi connectivity index (χ1n) is 6.93. The number of fused-ring (bicyclic) bond motifs is 1. The molecule has 0 aliphatic carbocycles. The molecular weight excluding hydrogens is 272 g/mol. The highest BCUT2D eigenvalue weighted by molar-refractivity contribution is 5.81. The molecule has 1 aromatic carbocycles. The van der Waals surface area contributed by atoms with Gasteiger partial charge in [-0.25, -0.2) is 4.98 Å². The van der Waals surface area contributed by atoms with Crippen molar-refractivity contribution in [1.29, 1.82) is 0 Å². The number of carboxylic acids is 1. The van der Waals surface area contributed by atoms with Crippen LogP contribution in [0.2, 0.25) is 0 Å². The Hall–Kier alpha value is -2.24. The molecule has 0 amide bonds. The van der Waals surface area contributed by atoms with Crippen molar-refractivity contribution in [1.82, 2.24) is 9.55 Å². The largest absolute Gasteiger partial charge is 0.493 e. The highest BCUT2D eigenvalue weighted by atomic mass is 16.5. The van der Waals surface area contributed by atoms with E-state index in [9.17, 15) is 4.79 Å². The van der Waals surface area contributed by atoms with Crippen LogP contribution in [0, 0.1) is 0 Å². The van der Waals surface area contributed by atoms with Crippen molar-refractivity contribution < 1.29 is 19.4 Å². The molecule has 0 aliphatic rings. The molecule has 1 aromatic heterocycles. The second-order valence-corrected chi connectivity index (χ2v) is 4.77. The van der Waals surface area contributed by atoms with Gasteiger partial charge >= 0.3 is 5.97 Å². The van der Waals surface area contributed by atoms with Gasteiger partial charge in [0, 0.05) is 25.1 Å². The maximum Gasteiger partial charge on any atom is 0.305 e. The molecule has 0 spiro atoms. The van der Waals surface area contributed by atoms with Gasteiger partial charge < -0.3 is 19.1 Å². The number of aryl methyl sites for hydroxylation is 2. The monoisotopic (exact) mass is 292 g/mol. The fourth-order valence-electron chi connectivity index (χ4n) is 2.37. The molecule has 0 fully saturated rings. The van der Waals surface area contributed by atoms with E-state index in [4.69, 9.17) is 14.6 Å². The predicted octanol–water partition coefficient (Wildman–Crippen LogP) is 2.48. The van der Waals surface area contributed by atoms with E-state index in [2.05, 4.69) is 11.9 Å². The van der Waals surface area contributed by atoms with Crippen LogP contribution in [0.15, 0.2) is 12.1 Å². The summed E-state index contributed by atoms with van der Waals surface area (Å²) in [7, 11) is 3.16. The molecule has 0 saturated carbocycles. The van der Waals surface area contributed by atoms with Crippen molar-refractivity contribution in [2.75, 3.05) is 14.2 Å². The summed E-state index contributed by atoms with van der Waals surface area (Å²) in [5.41, 5.74) is 1.67. The van der Waals surface area contributed by atoms with Crippen molar-refractivity contribution in [2.24, 2.45) is 0 Å². The zero-order valence-electron chi connectivity index (χ0n) is 12.5. The Morgan fingerprint density at radius 2 is 1.95 bits per heavy atom. The third-order valence-electron chi connectivity index (χ3n) is 3.36. The molecule has 6 heteroatoms. The normalized spacial score (nSPS) is 10.8. The SMILES string of the molecule is CCCc1nc2cc(OC)c(OC)cc2n1CCC(=O)O. The molecule has 114 valence electrons. The van der Waals surface area contributed by atoms with Crippen molar-refractivity contribution in [3.63, 3.8) is 0 Å². The smallest absolute Gasteiger partial charge is 0.305 e. The fourth-order valence-corrected chi connectivity index (χ4v) is 2.37. The summed E-state index contributed by atoms with van der Waals surface area (Å²) in [4.78, 5) is 15.4. The number of aromatic nitrogens is 2. The van der Waals surface area contributed by atoms with Gasteiger partial charge in [-0.2, -0.15) is 0 Å². The quantitative estimate of drug-likeness (QED) is 0.848. The number of methoxy groups -OCH3 is 2. The molecule has 0 aliphatic heterocycles. The molecule has 0 radical (unpaired) electrons. The third-order valence-corrected chi connectivity index (χ3v) is 3.36. The van der Waals surface area contributed by atoms with E-state index in [-0.39, 0.29) is 6.42 Å². The highest BCUT2D eigenvalue weighted by Gasteiger charge is 2.15. The fraction of sp³-hybridized carbons (Fsp3) is 0.467. The zero-order valence-corrected chi connectivity index (χ0v) is 12.5. The average molecular weight is 292 g/mol. The zero-order chi connectivity index (χ0) is 15.4. The maximum absolute atomic E-state index is 10.8. The summed E-state index contributed by atoms with van der Waals surface area (Å²) in [5, 5.41) is 8.91. The van der Waals surface area contributed by atoms with Gasteiger partial charge in [0.2, 0.25) is 0 Å². The lowest BCUT2D eigenvalue weighted by molar-refractivity contribution is -0.137. The third kappa shape index (κ3) is 3.09. The van der Waals surface area contributed by atoms with E-state index < -0.39 is 5.97 Å². The topological polar surface area (TPSA) is 73.6 Å². The Labute approximate surface area is 123 Å². The van der Waals surface area contributed by atoms with Crippen molar-refractivity contribution in [2.45, 2.75) is 32.7 Å². The summed E-state index contributed by atoms with van der Waals surface area (Å²) in [6.07, 6.45) is 1.82. The maximum atomic E-state index is 10.8. The summed E-state index contributed by atoms with van der Waals surface area (Å²) in [6, 6.07) is 3.67. The Morgan fingerprint density at radius 1 is 1.29 bits per heavy atom. The van der Waals surface area contributed by atoms with Gasteiger partial charge in [0.1, 0.15) is 5.82 Å².